The van der Waals surface area contributed by atoms with E-state index >= 15 is 0 Å². The van der Waals surface area contributed by atoms with Crippen LogP contribution in [0.1, 0.15) is 34.6 Å². The smallest absolute Gasteiger partial charge is 0.257 e. The number of methoxy groups -OCH3 is 1. The number of nitrogens with zero attached hydrogens (tertiary/aromatic N) is 3. The average molecular weight is 410 g/mol. The van der Waals surface area contributed by atoms with Crippen molar-refractivity contribution in [1.29, 1.82) is 0 Å². The molecule has 0 aliphatic carbocycles. The predicted octanol–water partition coefficient (Wildman–Crippen LogP) is 3.09. The number of aromatic amines is 1. The quantitative estimate of drug-likeness (QED) is 0.720. The second-order valence-corrected chi connectivity index (χ2v) is 7.60. The molecule has 1 aliphatic heterocycles. The minimum atomic E-state index is -0.623. The van der Waals surface area contributed by atoms with Gasteiger partial charge in [0, 0.05) is 43.6 Å². The third kappa shape index (κ3) is 3.49. The number of carbonyl (C=O) groups excluding carboxylic acids is 2. The molecule has 1 saturated heterocycles. The standard InChI is InChI=1S/C22H23FN4O3/c1-13-11-26(21(28)15-8-20-19(25-10-15)6-7-24-20)12-14(2)27(13)22(29)17-5-4-16(30-3)9-18(17)23/h4-10,13-14,24H,11-12H2,1-3H3/t13-,14-/m1/s1. The van der Waals surface area contributed by atoms with E-state index in [9.17, 15) is 14.0 Å². The molecule has 3 heterocycles. The van der Waals surface area contributed by atoms with Crippen LogP contribution in [-0.2, 0) is 0 Å². The van der Waals surface area contributed by atoms with Crippen molar-refractivity contribution in [2.45, 2.75) is 25.9 Å². The highest BCUT2D eigenvalue weighted by molar-refractivity contribution is 5.98. The molecule has 0 unspecified atom stereocenters. The second-order valence-electron chi connectivity index (χ2n) is 7.60. The number of halogens is 1. The lowest BCUT2D eigenvalue weighted by atomic mass is 10.0. The van der Waals surface area contributed by atoms with Crippen molar-refractivity contribution in [3.05, 3.63) is 59.7 Å². The molecule has 2 amide bonds. The molecule has 1 aliphatic rings. The van der Waals surface area contributed by atoms with Gasteiger partial charge in [0.05, 0.1) is 29.3 Å². The molecule has 30 heavy (non-hydrogen) atoms. The highest BCUT2D eigenvalue weighted by Crippen LogP contribution is 2.24. The molecule has 2 aromatic heterocycles. The van der Waals surface area contributed by atoms with E-state index in [0.29, 0.717) is 24.4 Å². The molecule has 7 nitrogen and oxygen atoms in total. The summed E-state index contributed by atoms with van der Waals surface area (Å²) in [5.74, 6) is -0.798. The Labute approximate surface area is 173 Å². The lowest BCUT2D eigenvalue weighted by Crippen LogP contribution is -2.59. The number of hydrogen-bond donors (Lipinski definition) is 1. The number of carbonyl (C=O) groups is 2. The SMILES string of the molecule is COc1ccc(C(=O)N2[C@H](C)CN(C(=O)c3cnc4cc[nH]c4c3)C[C@H]2C)c(F)c1. The van der Waals surface area contributed by atoms with E-state index in [0.717, 1.165) is 11.0 Å². The van der Waals surface area contributed by atoms with Crippen LogP contribution in [0.2, 0.25) is 0 Å². The molecule has 0 bridgehead atoms. The number of hydrogen-bond acceptors (Lipinski definition) is 4. The number of ether oxygens (including phenoxy) is 1. The fourth-order valence-corrected chi connectivity index (χ4v) is 4.06. The van der Waals surface area contributed by atoms with Crippen LogP contribution in [0.15, 0.2) is 42.7 Å². The Balaban J connectivity index is 1.52. The largest absolute Gasteiger partial charge is 0.497 e. The first kappa shape index (κ1) is 19.9. The zero-order valence-corrected chi connectivity index (χ0v) is 17.1. The van der Waals surface area contributed by atoms with Gasteiger partial charge in [0.2, 0.25) is 0 Å². The molecule has 1 fully saturated rings. The van der Waals surface area contributed by atoms with Crippen molar-refractivity contribution in [2.24, 2.45) is 0 Å². The molecule has 1 N–H and O–H groups in total. The van der Waals surface area contributed by atoms with Crippen LogP contribution in [0, 0.1) is 5.82 Å². The Morgan fingerprint density at radius 1 is 1.13 bits per heavy atom. The Hall–Kier alpha value is -3.42. The Morgan fingerprint density at radius 2 is 1.87 bits per heavy atom. The molecule has 0 radical (unpaired) electrons. The van der Waals surface area contributed by atoms with Crippen molar-refractivity contribution in [2.75, 3.05) is 20.2 Å². The Morgan fingerprint density at radius 3 is 2.53 bits per heavy atom. The maximum atomic E-state index is 14.4. The van der Waals surface area contributed by atoms with E-state index in [1.165, 1.54) is 19.2 Å². The number of rotatable bonds is 3. The van der Waals surface area contributed by atoms with Gasteiger partial charge in [-0.3, -0.25) is 14.6 Å². The zero-order valence-electron chi connectivity index (χ0n) is 17.1. The third-order valence-electron chi connectivity index (χ3n) is 5.49. The first-order valence-corrected chi connectivity index (χ1v) is 9.77. The summed E-state index contributed by atoms with van der Waals surface area (Å²) in [6.07, 6.45) is 3.34. The minimum Gasteiger partial charge on any atom is -0.497 e. The van der Waals surface area contributed by atoms with Crippen LogP contribution in [0.5, 0.6) is 5.75 Å². The van der Waals surface area contributed by atoms with Crippen molar-refractivity contribution >= 4 is 22.8 Å². The van der Waals surface area contributed by atoms with Crippen LogP contribution in [0.25, 0.3) is 11.0 Å². The monoisotopic (exact) mass is 410 g/mol. The van der Waals surface area contributed by atoms with Gasteiger partial charge < -0.3 is 19.5 Å². The van der Waals surface area contributed by atoms with Gasteiger partial charge in [0.25, 0.3) is 11.8 Å². The van der Waals surface area contributed by atoms with Crippen LogP contribution in [-0.4, -0.2) is 63.9 Å². The summed E-state index contributed by atoms with van der Waals surface area (Å²) in [7, 11) is 1.44. The minimum absolute atomic E-state index is 0.00401. The number of piperazine rings is 1. The predicted molar refractivity (Wildman–Crippen MR) is 110 cm³/mol. The fraction of sp³-hybridized carbons (Fsp3) is 0.318. The van der Waals surface area contributed by atoms with E-state index in [1.54, 1.807) is 34.3 Å². The Bertz CT molecular complexity index is 1100. The van der Waals surface area contributed by atoms with Crippen LogP contribution >= 0.6 is 0 Å². The first-order chi connectivity index (χ1) is 14.4. The van der Waals surface area contributed by atoms with E-state index in [4.69, 9.17) is 4.74 Å². The van der Waals surface area contributed by atoms with Gasteiger partial charge in [-0.2, -0.15) is 0 Å². The maximum absolute atomic E-state index is 14.4. The first-order valence-electron chi connectivity index (χ1n) is 9.77. The topological polar surface area (TPSA) is 78.5 Å². The number of benzene rings is 1. The molecule has 3 aromatic rings. The fourth-order valence-electron chi connectivity index (χ4n) is 4.06. The number of nitrogens with one attached hydrogen (secondary N) is 1. The summed E-state index contributed by atoms with van der Waals surface area (Å²) in [5, 5.41) is 0. The number of pyridine rings is 1. The molecule has 1 aromatic carbocycles. The van der Waals surface area contributed by atoms with Gasteiger partial charge in [0.1, 0.15) is 11.6 Å². The molecule has 2 atom stereocenters. The second kappa shape index (κ2) is 7.78. The summed E-state index contributed by atoms with van der Waals surface area (Å²) in [4.78, 5) is 36.8. The molecular formula is C22H23FN4O3. The lowest BCUT2D eigenvalue weighted by Gasteiger charge is -2.44. The van der Waals surface area contributed by atoms with Crippen molar-refractivity contribution in [3.63, 3.8) is 0 Å². The van der Waals surface area contributed by atoms with Crippen LogP contribution in [0.4, 0.5) is 4.39 Å². The average Bonchev–Trinajstić information content (AvgIpc) is 3.20. The summed E-state index contributed by atoms with van der Waals surface area (Å²) in [5.41, 5.74) is 2.08. The number of fused-ring (bicyclic) bond motifs is 1. The lowest BCUT2D eigenvalue weighted by molar-refractivity contribution is 0.0251. The van der Waals surface area contributed by atoms with Gasteiger partial charge in [-0.05, 0) is 38.1 Å². The Kier molecular flexibility index (Phi) is 5.15. The summed E-state index contributed by atoms with van der Waals surface area (Å²) >= 11 is 0. The molecule has 4 rings (SSSR count). The van der Waals surface area contributed by atoms with Crippen LogP contribution < -0.4 is 4.74 Å². The highest BCUT2D eigenvalue weighted by atomic mass is 19.1. The van der Waals surface area contributed by atoms with Crippen molar-refractivity contribution in [1.82, 2.24) is 19.8 Å². The van der Waals surface area contributed by atoms with Gasteiger partial charge in [-0.25, -0.2) is 4.39 Å². The van der Waals surface area contributed by atoms with Gasteiger partial charge in [-0.15, -0.1) is 0 Å². The summed E-state index contributed by atoms with van der Waals surface area (Å²) in [6, 6.07) is 7.29. The van der Waals surface area contributed by atoms with Crippen LogP contribution in [0.3, 0.4) is 0 Å². The van der Waals surface area contributed by atoms with Crippen molar-refractivity contribution in [3.8, 4) is 5.75 Å². The molecule has 0 spiro atoms. The summed E-state index contributed by atoms with van der Waals surface area (Å²) < 4.78 is 19.4. The van der Waals surface area contributed by atoms with Crippen molar-refractivity contribution < 1.29 is 18.7 Å². The number of aromatic nitrogens is 2. The maximum Gasteiger partial charge on any atom is 0.257 e. The van der Waals surface area contributed by atoms with Gasteiger partial charge >= 0.3 is 0 Å². The molecule has 156 valence electrons. The third-order valence-corrected chi connectivity index (χ3v) is 5.49. The summed E-state index contributed by atoms with van der Waals surface area (Å²) in [6.45, 7) is 4.44. The van der Waals surface area contributed by atoms with E-state index in [2.05, 4.69) is 9.97 Å². The van der Waals surface area contributed by atoms with E-state index in [-0.39, 0.29) is 23.6 Å². The van der Waals surface area contributed by atoms with Gasteiger partial charge in [-0.1, -0.05) is 0 Å². The number of amides is 2. The molecular weight excluding hydrogens is 387 g/mol. The number of H-pyrrole nitrogens is 1. The zero-order chi connectivity index (χ0) is 21.4. The van der Waals surface area contributed by atoms with Gasteiger partial charge in [0.15, 0.2) is 0 Å². The molecule has 8 heteroatoms. The van der Waals surface area contributed by atoms with E-state index in [1.807, 2.05) is 19.9 Å². The van der Waals surface area contributed by atoms with E-state index < -0.39 is 11.7 Å². The normalized spacial score (nSPS) is 19.2. The highest BCUT2D eigenvalue weighted by Gasteiger charge is 2.36. The molecule has 0 saturated carbocycles.